The monoisotopic (exact) mass is 282 g/mol. The molecule has 0 saturated heterocycles. The number of ether oxygens (including phenoxy) is 3. The van der Waals surface area contributed by atoms with Crippen molar-refractivity contribution in [3.8, 4) is 5.75 Å². The highest BCUT2D eigenvalue weighted by molar-refractivity contribution is 5.30. The molecule has 0 saturated carbocycles. The zero-order chi connectivity index (χ0) is 14.6. The molecule has 2 N–H and O–H groups in total. The molecule has 0 spiro atoms. The number of benzene rings is 1. The van der Waals surface area contributed by atoms with E-state index in [-0.39, 0.29) is 0 Å². The lowest BCUT2D eigenvalue weighted by molar-refractivity contribution is -0.657. The summed E-state index contributed by atoms with van der Waals surface area (Å²) in [5.74, 6) is 1.45. The van der Waals surface area contributed by atoms with Crippen molar-refractivity contribution >= 4 is 0 Å². The van der Waals surface area contributed by atoms with Gasteiger partial charge in [-0.05, 0) is 23.6 Å². The van der Waals surface area contributed by atoms with Gasteiger partial charge in [0, 0.05) is 7.11 Å². The summed E-state index contributed by atoms with van der Waals surface area (Å²) in [7, 11) is 1.72. The quantitative estimate of drug-likeness (QED) is 0.624. The van der Waals surface area contributed by atoms with E-state index in [1.807, 2.05) is 12.1 Å². The highest BCUT2D eigenvalue weighted by Gasteiger charge is 2.01. The molecular formula is C16H28NO3+. The minimum absolute atomic E-state index is 0.525. The molecule has 1 aromatic carbocycles. The van der Waals surface area contributed by atoms with Gasteiger partial charge in [0.1, 0.15) is 12.4 Å². The van der Waals surface area contributed by atoms with Gasteiger partial charge in [-0.3, -0.25) is 0 Å². The summed E-state index contributed by atoms with van der Waals surface area (Å²) in [4.78, 5) is 0. The van der Waals surface area contributed by atoms with Gasteiger partial charge in [0.05, 0.1) is 32.9 Å². The molecule has 0 aliphatic rings. The average molecular weight is 282 g/mol. The van der Waals surface area contributed by atoms with Gasteiger partial charge in [0.25, 0.3) is 0 Å². The Morgan fingerprint density at radius 2 is 1.85 bits per heavy atom. The smallest absolute Gasteiger partial charge is 0.119 e. The second-order valence-electron chi connectivity index (χ2n) is 5.05. The largest absolute Gasteiger partial charge is 0.491 e. The van der Waals surface area contributed by atoms with Crippen LogP contribution in [0.2, 0.25) is 0 Å². The van der Waals surface area contributed by atoms with Gasteiger partial charge in [-0.25, -0.2) is 0 Å². The normalized spacial score (nSPS) is 11.0. The van der Waals surface area contributed by atoms with Crippen LogP contribution in [-0.4, -0.2) is 46.6 Å². The summed E-state index contributed by atoms with van der Waals surface area (Å²) in [6, 6.07) is 8.26. The fourth-order valence-electron chi connectivity index (χ4n) is 1.80. The summed E-state index contributed by atoms with van der Waals surface area (Å²) in [6.07, 6.45) is 0. The fourth-order valence-corrected chi connectivity index (χ4v) is 1.80. The van der Waals surface area contributed by atoms with Crippen molar-refractivity contribution in [3.63, 3.8) is 0 Å². The topological polar surface area (TPSA) is 44.3 Å². The molecule has 0 atom stereocenters. The molecule has 0 radical (unpaired) electrons. The van der Waals surface area contributed by atoms with E-state index in [2.05, 4.69) is 31.3 Å². The average Bonchev–Trinajstić information content (AvgIpc) is 2.46. The van der Waals surface area contributed by atoms with E-state index in [1.54, 1.807) is 7.11 Å². The Morgan fingerprint density at radius 3 is 2.60 bits per heavy atom. The lowest BCUT2D eigenvalue weighted by Crippen LogP contribution is -2.86. The first-order valence-corrected chi connectivity index (χ1v) is 7.35. The van der Waals surface area contributed by atoms with E-state index in [0.29, 0.717) is 19.1 Å². The van der Waals surface area contributed by atoms with Gasteiger partial charge >= 0.3 is 0 Å². The van der Waals surface area contributed by atoms with Crippen LogP contribution in [0.25, 0.3) is 0 Å². The Balaban J connectivity index is 2.05. The van der Waals surface area contributed by atoms with Gasteiger partial charge < -0.3 is 19.5 Å². The van der Waals surface area contributed by atoms with E-state index in [1.165, 1.54) is 5.56 Å². The standard InChI is InChI=1S/C16H27NO3/c1-14(2)15-5-4-6-16(13-15)20-12-11-19-10-8-17-7-9-18-3/h4-6,13-14,17H,7-12H2,1-3H3/p+1. The SMILES string of the molecule is COCC[NH2+]CCOCCOc1cccc(C(C)C)c1. The Morgan fingerprint density at radius 1 is 1.05 bits per heavy atom. The predicted molar refractivity (Wildman–Crippen MR) is 80.4 cm³/mol. The third-order valence-electron chi connectivity index (χ3n) is 3.01. The summed E-state index contributed by atoms with van der Waals surface area (Å²) in [5, 5.41) is 2.19. The predicted octanol–water partition coefficient (Wildman–Crippen LogP) is 1.42. The highest BCUT2D eigenvalue weighted by atomic mass is 16.5. The second-order valence-corrected chi connectivity index (χ2v) is 5.05. The number of hydrogen-bond acceptors (Lipinski definition) is 3. The molecule has 0 unspecified atom stereocenters. The van der Waals surface area contributed by atoms with Crippen molar-refractivity contribution in [2.24, 2.45) is 0 Å². The van der Waals surface area contributed by atoms with E-state index in [0.717, 1.165) is 32.1 Å². The lowest BCUT2D eigenvalue weighted by Gasteiger charge is -2.10. The number of methoxy groups -OCH3 is 1. The zero-order valence-corrected chi connectivity index (χ0v) is 12.9. The van der Waals surface area contributed by atoms with Crippen LogP contribution in [0.4, 0.5) is 0 Å². The third-order valence-corrected chi connectivity index (χ3v) is 3.01. The third kappa shape index (κ3) is 7.48. The van der Waals surface area contributed by atoms with Crippen LogP contribution in [0.3, 0.4) is 0 Å². The summed E-state index contributed by atoms with van der Waals surface area (Å²) < 4.78 is 16.2. The minimum Gasteiger partial charge on any atom is -0.491 e. The molecule has 1 aromatic rings. The molecule has 20 heavy (non-hydrogen) atoms. The first kappa shape index (κ1) is 17.0. The Bertz CT molecular complexity index is 355. The van der Waals surface area contributed by atoms with Crippen LogP contribution in [0.15, 0.2) is 24.3 Å². The molecule has 0 amide bonds. The number of hydrogen-bond donors (Lipinski definition) is 1. The fraction of sp³-hybridized carbons (Fsp3) is 0.625. The van der Waals surface area contributed by atoms with Crippen molar-refractivity contribution in [3.05, 3.63) is 29.8 Å². The van der Waals surface area contributed by atoms with E-state index >= 15 is 0 Å². The molecule has 0 bridgehead atoms. The van der Waals surface area contributed by atoms with Crippen molar-refractivity contribution in [1.82, 2.24) is 0 Å². The van der Waals surface area contributed by atoms with Gasteiger partial charge in [-0.15, -0.1) is 0 Å². The molecule has 114 valence electrons. The van der Waals surface area contributed by atoms with E-state index in [9.17, 15) is 0 Å². The lowest BCUT2D eigenvalue weighted by atomic mass is 10.0. The van der Waals surface area contributed by atoms with Gasteiger partial charge in [-0.1, -0.05) is 26.0 Å². The molecule has 0 aliphatic carbocycles. The molecule has 0 aliphatic heterocycles. The number of quaternary nitrogens is 1. The summed E-state index contributed by atoms with van der Waals surface area (Å²) in [6.45, 7) is 9.08. The first-order chi connectivity index (χ1) is 9.74. The number of rotatable bonds is 11. The van der Waals surface area contributed by atoms with Gasteiger partial charge in [0.2, 0.25) is 0 Å². The minimum atomic E-state index is 0.525. The molecule has 1 rings (SSSR count). The van der Waals surface area contributed by atoms with Crippen LogP contribution in [0, 0.1) is 0 Å². The van der Waals surface area contributed by atoms with Crippen LogP contribution >= 0.6 is 0 Å². The Labute approximate surface area is 122 Å². The molecule has 0 aromatic heterocycles. The van der Waals surface area contributed by atoms with Gasteiger partial charge in [0.15, 0.2) is 0 Å². The van der Waals surface area contributed by atoms with Gasteiger partial charge in [-0.2, -0.15) is 0 Å². The maximum atomic E-state index is 5.69. The molecular weight excluding hydrogens is 254 g/mol. The maximum Gasteiger partial charge on any atom is 0.119 e. The Kier molecular flexibility index (Phi) is 9.04. The van der Waals surface area contributed by atoms with Crippen LogP contribution in [-0.2, 0) is 9.47 Å². The molecule has 4 heteroatoms. The van der Waals surface area contributed by atoms with Crippen LogP contribution in [0.1, 0.15) is 25.3 Å². The first-order valence-electron chi connectivity index (χ1n) is 7.35. The zero-order valence-electron chi connectivity index (χ0n) is 12.9. The van der Waals surface area contributed by atoms with E-state index in [4.69, 9.17) is 14.2 Å². The van der Waals surface area contributed by atoms with Crippen LogP contribution in [0.5, 0.6) is 5.75 Å². The molecule has 0 heterocycles. The maximum absolute atomic E-state index is 5.69. The summed E-state index contributed by atoms with van der Waals surface area (Å²) >= 11 is 0. The summed E-state index contributed by atoms with van der Waals surface area (Å²) in [5.41, 5.74) is 1.30. The van der Waals surface area contributed by atoms with Crippen LogP contribution < -0.4 is 10.1 Å². The van der Waals surface area contributed by atoms with Crippen molar-refractivity contribution in [2.75, 3.05) is 46.6 Å². The van der Waals surface area contributed by atoms with E-state index < -0.39 is 0 Å². The second kappa shape index (κ2) is 10.7. The van der Waals surface area contributed by atoms with Crippen molar-refractivity contribution < 1.29 is 19.5 Å². The molecule has 4 nitrogen and oxygen atoms in total. The highest BCUT2D eigenvalue weighted by Crippen LogP contribution is 2.19. The van der Waals surface area contributed by atoms with Crippen molar-refractivity contribution in [2.45, 2.75) is 19.8 Å². The number of nitrogens with two attached hydrogens (primary N) is 1. The Hall–Kier alpha value is -1.10. The van der Waals surface area contributed by atoms with Crippen molar-refractivity contribution in [1.29, 1.82) is 0 Å². The molecule has 0 fully saturated rings.